The van der Waals surface area contributed by atoms with E-state index < -0.39 is 0 Å². The molecule has 1 atom stereocenters. The molecule has 0 aliphatic heterocycles. The number of rotatable bonds is 7. The van der Waals surface area contributed by atoms with E-state index in [1.807, 2.05) is 13.0 Å². The Morgan fingerprint density at radius 2 is 1.81 bits per heavy atom. The van der Waals surface area contributed by atoms with Crippen LogP contribution in [-0.4, -0.2) is 25.5 Å². The van der Waals surface area contributed by atoms with Gasteiger partial charge in [-0.2, -0.15) is 0 Å². The summed E-state index contributed by atoms with van der Waals surface area (Å²) in [4.78, 5) is 23.5. The molecule has 0 fully saturated rings. The van der Waals surface area contributed by atoms with Gasteiger partial charge in [0, 0.05) is 18.7 Å². The highest BCUT2D eigenvalue weighted by molar-refractivity contribution is 6.42. The maximum absolute atomic E-state index is 12.3. The average Bonchev–Trinajstić information content (AvgIpc) is 2.61. The van der Waals surface area contributed by atoms with Crippen LogP contribution in [0, 0.1) is 0 Å². The zero-order valence-corrected chi connectivity index (χ0v) is 16.7. The summed E-state index contributed by atoms with van der Waals surface area (Å²) in [7, 11) is 1.51. The standard InChI is InChI=1S/C19H21Cl2N3O3/c1-11(13-4-6-15(20)16(21)8-13)22-10-19(26)24-17-9-14(23-12(2)25)5-7-18(17)27-3/h4-9,11,22H,10H2,1-3H3,(H,23,25)(H,24,26)/t11-/m1/s1. The largest absolute Gasteiger partial charge is 0.495 e. The molecule has 2 aromatic rings. The predicted octanol–water partition coefficient (Wildman–Crippen LogP) is 4.25. The number of hydrogen-bond acceptors (Lipinski definition) is 4. The molecule has 0 aromatic heterocycles. The summed E-state index contributed by atoms with van der Waals surface area (Å²) in [6.45, 7) is 3.41. The molecule has 27 heavy (non-hydrogen) atoms. The zero-order valence-electron chi connectivity index (χ0n) is 15.2. The number of nitrogens with one attached hydrogen (secondary N) is 3. The van der Waals surface area contributed by atoms with Gasteiger partial charge in [-0.15, -0.1) is 0 Å². The molecular weight excluding hydrogens is 389 g/mol. The van der Waals surface area contributed by atoms with Gasteiger partial charge in [0.05, 0.1) is 29.4 Å². The SMILES string of the molecule is COc1ccc(NC(C)=O)cc1NC(=O)CN[C@H](C)c1ccc(Cl)c(Cl)c1. The predicted molar refractivity (Wildman–Crippen MR) is 109 cm³/mol. The Kier molecular flexibility index (Phi) is 7.47. The van der Waals surface area contributed by atoms with Gasteiger partial charge in [-0.1, -0.05) is 29.3 Å². The monoisotopic (exact) mass is 409 g/mol. The summed E-state index contributed by atoms with van der Waals surface area (Å²) in [5, 5.41) is 9.52. The second-order valence-electron chi connectivity index (χ2n) is 5.92. The van der Waals surface area contributed by atoms with Gasteiger partial charge in [-0.25, -0.2) is 0 Å². The second-order valence-corrected chi connectivity index (χ2v) is 6.73. The molecule has 0 aliphatic carbocycles. The van der Waals surface area contributed by atoms with Crippen LogP contribution in [0.25, 0.3) is 0 Å². The molecule has 0 heterocycles. The van der Waals surface area contributed by atoms with E-state index in [1.165, 1.54) is 14.0 Å². The minimum Gasteiger partial charge on any atom is -0.495 e. The quantitative estimate of drug-likeness (QED) is 0.638. The van der Waals surface area contributed by atoms with E-state index in [4.69, 9.17) is 27.9 Å². The number of benzene rings is 2. The molecule has 2 amide bonds. The number of amides is 2. The number of carbonyl (C=O) groups is 2. The Morgan fingerprint density at radius 3 is 2.44 bits per heavy atom. The Hall–Kier alpha value is -2.28. The third kappa shape index (κ3) is 6.13. The Morgan fingerprint density at radius 1 is 1.07 bits per heavy atom. The molecular formula is C19H21Cl2N3O3. The van der Waals surface area contributed by atoms with E-state index in [0.29, 0.717) is 27.2 Å². The fourth-order valence-electron chi connectivity index (χ4n) is 2.43. The fraction of sp³-hybridized carbons (Fsp3) is 0.263. The Labute approximate surface area is 168 Å². The van der Waals surface area contributed by atoms with Crippen LogP contribution in [0.5, 0.6) is 5.75 Å². The van der Waals surface area contributed by atoms with Crippen molar-refractivity contribution in [1.29, 1.82) is 0 Å². The Balaban J connectivity index is 2.00. The van der Waals surface area contributed by atoms with E-state index in [9.17, 15) is 9.59 Å². The summed E-state index contributed by atoms with van der Waals surface area (Å²) < 4.78 is 5.25. The van der Waals surface area contributed by atoms with Crippen LogP contribution in [-0.2, 0) is 9.59 Å². The first-order valence-corrected chi connectivity index (χ1v) is 8.99. The van der Waals surface area contributed by atoms with Crippen LogP contribution in [0.1, 0.15) is 25.5 Å². The van der Waals surface area contributed by atoms with E-state index in [0.717, 1.165) is 5.56 Å². The average molecular weight is 410 g/mol. The molecule has 0 aliphatic rings. The highest BCUT2D eigenvalue weighted by atomic mass is 35.5. The van der Waals surface area contributed by atoms with Crippen LogP contribution in [0.15, 0.2) is 36.4 Å². The summed E-state index contributed by atoms with van der Waals surface area (Å²) in [6, 6.07) is 10.2. The highest BCUT2D eigenvalue weighted by Gasteiger charge is 2.12. The van der Waals surface area contributed by atoms with Crippen molar-refractivity contribution in [2.75, 3.05) is 24.3 Å². The van der Waals surface area contributed by atoms with Gasteiger partial charge >= 0.3 is 0 Å². The molecule has 3 N–H and O–H groups in total. The van der Waals surface area contributed by atoms with Crippen molar-refractivity contribution in [2.45, 2.75) is 19.9 Å². The van der Waals surface area contributed by atoms with Crippen LogP contribution >= 0.6 is 23.2 Å². The third-order valence-electron chi connectivity index (χ3n) is 3.81. The van der Waals surface area contributed by atoms with E-state index in [2.05, 4.69) is 16.0 Å². The molecule has 2 rings (SSSR count). The first-order valence-electron chi connectivity index (χ1n) is 8.24. The smallest absolute Gasteiger partial charge is 0.238 e. The van der Waals surface area contributed by atoms with Gasteiger partial charge < -0.3 is 20.7 Å². The number of hydrogen-bond donors (Lipinski definition) is 3. The maximum Gasteiger partial charge on any atom is 0.238 e. The van der Waals surface area contributed by atoms with Gasteiger partial charge in [0.15, 0.2) is 0 Å². The molecule has 0 bridgehead atoms. The van der Waals surface area contributed by atoms with Crippen molar-refractivity contribution in [1.82, 2.24) is 5.32 Å². The van der Waals surface area contributed by atoms with Gasteiger partial charge in [-0.05, 0) is 42.8 Å². The summed E-state index contributed by atoms with van der Waals surface area (Å²) in [5.74, 6) is 0.0460. The third-order valence-corrected chi connectivity index (χ3v) is 4.55. The lowest BCUT2D eigenvalue weighted by atomic mass is 10.1. The van der Waals surface area contributed by atoms with E-state index in [-0.39, 0.29) is 24.4 Å². The molecule has 0 spiro atoms. The van der Waals surface area contributed by atoms with Gasteiger partial charge in [0.25, 0.3) is 0 Å². The van der Waals surface area contributed by atoms with Crippen molar-refractivity contribution in [3.05, 3.63) is 52.0 Å². The van der Waals surface area contributed by atoms with E-state index >= 15 is 0 Å². The zero-order chi connectivity index (χ0) is 20.0. The summed E-state index contributed by atoms with van der Waals surface area (Å²) in [5.41, 5.74) is 1.95. The minimum absolute atomic E-state index is 0.0783. The topological polar surface area (TPSA) is 79.5 Å². The first kappa shape index (κ1) is 21.0. The second kappa shape index (κ2) is 9.60. The van der Waals surface area contributed by atoms with Crippen molar-refractivity contribution in [2.24, 2.45) is 0 Å². The van der Waals surface area contributed by atoms with Crippen molar-refractivity contribution in [3.8, 4) is 5.75 Å². The number of anilines is 2. The van der Waals surface area contributed by atoms with Gasteiger partial charge in [0.2, 0.25) is 11.8 Å². The highest BCUT2D eigenvalue weighted by Crippen LogP contribution is 2.28. The minimum atomic E-state index is -0.250. The summed E-state index contributed by atoms with van der Waals surface area (Å²) >= 11 is 12.0. The molecule has 8 heteroatoms. The fourth-order valence-corrected chi connectivity index (χ4v) is 2.73. The number of halogens is 2. The molecule has 0 saturated carbocycles. The van der Waals surface area contributed by atoms with Gasteiger partial charge in [-0.3, -0.25) is 9.59 Å². The number of methoxy groups -OCH3 is 1. The molecule has 2 aromatic carbocycles. The molecule has 144 valence electrons. The van der Waals surface area contributed by atoms with Crippen LogP contribution < -0.4 is 20.7 Å². The number of ether oxygens (including phenoxy) is 1. The molecule has 0 unspecified atom stereocenters. The van der Waals surface area contributed by atoms with Crippen LogP contribution in [0.3, 0.4) is 0 Å². The lowest BCUT2D eigenvalue weighted by molar-refractivity contribution is -0.115. The van der Waals surface area contributed by atoms with Crippen LogP contribution in [0.2, 0.25) is 10.0 Å². The lowest BCUT2D eigenvalue weighted by Gasteiger charge is -2.16. The Bertz CT molecular complexity index is 843. The molecule has 6 nitrogen and oxygen atoms in total. The lowest BCUT2D eigenvalue weighted by Crippen LogP contribution is -2.30. The molecule has 0 radical (unpaired) electrons. The summed E-state index contributed by atoms with van der Waals surface area (Å²) in [6.07, 6.45) is 0. The van der Waals surface area contributed by atoms with Gasteiger partial charge in [0.1, 0.15) is 5.75 Å². The van der Waals surface area contributed by atoms with Crippen LogP contribution in [0.4, 0.5) is 11.4 Å². The van der Waals surface area contributed by atoms with Crippen molar-refractivity contribution in [3.63, 3.8) is 0 Å². The van der Waals surface area contributed by atoms with Crippen molar-refractivity contribution < 1.29 is 14.3 Å². The van der Waals surface area contributed by atoms with E-state index in [1.54, 1.807) is 30.3 Å². The van der Waals surface area contributed by atoms with Crippen molar-refractivity contribution >= 4 is 46.4 Å². The number of carbonyl (C=O) groups excluding carboxylic acids is 2. The molecule has 0 saturated heterocycles. The normalized spacial score (nSPS) is 11.6. The first-order chi connectivity index (χ1) is 12.8. The maximum atomic E-state index is 12.3.